The standard InChI is InChI=1S/C25H29NO7S/c1-25(2)15-19-7-6-8-22(24(19)33-25)31-17-23(28)32-16-21(27)18-9-11-20(12-10-18)34(29,30)26-13-4-3-5-14-26/h6-12H,3-5,13-17H2,1-2H3. The van der Waals surface area contributed by atoms with Crippen LogP contribution in [0, 0.1) is 0 Å². The molecule has 0 aromatic heterocycles. The number of fused-ring (bicyclic) bond motifs is 1. The number of ketones is 1. The molecule has 2 aliphatic heterocycles. The molecule has 9 heteroatoms. The van der Waals surface area contributed by atoms with Crippen molar-refractivity contribution in [1.29, 1.82) is 0 Å². The number of piperidine rings is 1. The molecule has 0 saturated carbocycles. The van der Waals surface area contributed by atoms with Crippen LogP contribution in [0.15, 0.2) is 47.4 Å². The number of rotatable bonds is 8. The van der Waals surface area contributed by atoms with E-state index in [9.17, 15) is 18.0 Å². The fourth-order valence-corrected chi connectivity index (χ4v) is 5.69. The molecule has 0 amide bonds. The second-order valence-electron chi connectivity index (χ2n) is 9.14. The number of hydrogen-bond acceptors (Lipinski definition) is 7. The Morgan fingerprint density at radius 2 is 1.71 bits per heavy atom. The first-order valence-corrected chi connectivity index (χ1v) is 12.8. The van der Waals surface area contributed by atoms with Crippen LogP contribution in [-0.4, -0.2) is 56.4 Å². The van der Waals surface area contributed by atoms with Gasteiger partial charge in [0.15, 0.2) is 30.5 Å². The van der Waals surface area contributed by atoms with Gasteiger partial charge in [-0.15, -0.1) is 0 Å². The maximum absolute atomic E-state index is 12.7. The molecule has 1 saturated heterocycles. The monoisotopic (exact) mass is 487 g/mol. The van der Waals surface area contributed by atoms with Crippen LogP contribution >= 0.6 is 0 Å². The van der Waals surface area contributed by atoms with E-state index >= 15 is 0 Å². The second-order valence-corrected chi connectivity index (χ2v) is 11.1. The van der Waals surface area contributed by atoms with Gasteiger partial charge in [0.1, 0.15) is 5.60 Å². The summed E-state index contributed by atoms with van der Waals surface area (Å²) in [5, 5.41) is 0. The summed E-state index contributed by atoms with van der Waals surface area (Å²) < 4.78 is 43.5. The Hall–Kier alpha value is -2.91. The number of ether oxygens (including phenoxy) is 3. The van der Waals surface area contributed by atoms with E-state index < -0.39 is 28.4 Å². The zero-order valence-electron chi connectivity index (χ0n) is 19.4. The van der Waals surface area contributed by atoms with E-state index in [0.29, 0.717) is 24.6 Å². The van der Waals surface area contributed by atoms with Crippen LogP contribution in [-0.2, 0) is 26.0 Å². The van der Waals surface area contributed by atoms with E-state index in [1.54, 1.807) is 6.07 Å². The van der Waals surface area contributed by atoms with Gasteiger partial charge in [-0.2, -0.15) is 4.31 Å². The lowest BCUT2D eigenvalue weighted by Gasteiger charge is -2.25. The molecule has 2 aromatic rings. The van der Waals surface area contributed by atoms with Gasteiger partial charge in [-0.05, 0) is 57.0 Å². The first-order valence-electron chi connectivity index (χ1n) is 11.4. The maximum Gasteiger partial charge on any atom is 0.344 e. The maximum atomic E-state index is 12.7. The topological polar surface area (TPSA) is 99.2 Å². The number of para-hydroxylation sites is 1. The molecule has 34 heavy (non-hydrogen) atoms. The van der Waals surface area contributed by atoms with Crippen LogP contribution in [0.5, 0.6) is 11.5 Å². The minimum absolute atomic E-state index is 0.150. The van der Waals surface area contributed by atoms with Crippen molar-refractivity contribution in [3.8, 4) is 11.5 Å². The SMILES string of the molecule is CC1(C)Cc2cccc(OCC(=O)OCC(=O)c3ccc(S(=O)(=O)N4CCCCC4)cc3)c2O1. The van der Waals surface area contributed by atoms with E-state index in [1.807, 2.05) is 26.0 Å². The highest BCUT2D eigenvalue weighted by atomic mass is 32.2. The molecular formula is C25H29NO7S. The van der Waals surface area contributed by atoms with Gasteiger partial charge in [-0.25, -0.2) is 13.2 Å². The van der Waals surface area contributed by atoms with Gasteiger partial charge in [0, 0.05) is 30.6 Å². The first-order chi connectivity index (χ1) is 16.2. The van der Waals surface area contributed by atoms with Gasteiger partial charge in [-0.1, -0.05) is 18.6 Å². The molecule has 8 nitrogen and oxygen atoms in total. The summed E-state index contributed by atoms with van der Waals surface area (Å²) in [5.41, 5.74) is 0.941. The van der Waals surface area contributed by atoms with Crippen molar-refractivity contribution in [2.75, 3.05) is 26.3 Å². The summed E-state index contributed by atoms with van der Waals surface area (Å²) >= 11 is 0. The predicted molar refractivity (Wildman–Crippen MR) is 125 cm³/mol. The predicted octanol–water partition coefficient (Wildman–Crippen LogP) is 3.38. The summed E-state index contributed by atoms with van der Waals surface area (Å²) in [6.45, 7) is 4.16. The number of hydrogen-bond donors (Lipinski definition) is 0. The van der Waals surface area contributed by atoms with Gasteiger partial charge in [0.25, 0.3) is 0 Å². The van der Waals surface area contributed by atoms with Gasteiger partial charge >= 0.3 is 5.97 Å². The fourth-order valence-electron chi connectivity index (χ4n) is 4.18. The number of carbonyl (C=O) groups excluding carboxylic acids is 2. The third-order valence-corrected chi connectivity index (χ3v) is 7.81. The molecule has 1 fully saturated rings. The smallest absolute Gasteiger partial charge is 0.344 e. The second kappa shape index (κ2) is 9.76. The van der Waals surface area contributed by atoms with E-state index in [0.717, 1.165) is 31.2 Å². The van der Waals surface area contributed by atoms with Crippen molar-refractivity contribution in [3.05, 3.63) is 53.6 Å². The Morgan fingerprint density at radius 1 is 1.00 bits per heavy atom. The molecule has 0 N–H and O–H groups in total. The lowest BCUT2D eigenvalue weighted by molar-refractivity contribution is -0.144. The molecule has 0 atom stereocenters. The summed E-state index contributed by atoms with van der Waals surface area (Å²) in [6.07, 6.45) is 3.48. The van der Waals surface area contributed by atoms with Crippen molar-refractivity contribution in [2.24, 2.45) is 0 Å². The largest absolute Gasteiger partial charge is 0.483 e. The molecule has 0 unspecified atom stereocenters. The summed E-state index contributed by atoms with van der Waals surface area (Å²) in [7, 11) is -3.57. The molecule has 0 radical (unpaired) electrons. The minimum Gasteiger partial charge on any atom is -0.483 e. The van der Waals surface area contributed by atoms with Gasteiger partial charge < -0.3 is 14.2 Å². The summed E-state index contributed by atoms with van der Waals surface area (Å²) in [5.74, 6) is -0.0405. The van der Waals surface area contributed by atoms with Gasteiger partial charge in [0.2, 0.25) is 10.0 Å². The molecule has 2 aliphatic rings. The van der Waals surface area contributed by atoms with Crippen molar-refractivity contribution < 1.29 is 32.2 Å². The highest BCUT2D eigenvalue weighted by Gasteiger charge is 2.32. The normalized spacial score (nSPS) is 17.5. The molecular weight excluding hydrogens is 458 g/mol. The molecule has 4 rings (SSSR count). The zero-order valence-corrected chi connectivity index (χ0v) is 20.2. The minimum atomic E-state index is -3.57. The van der Waals surface area contributed by atoms with Crippen molar-refractivity contribution >= 4 is 21.8 Å². The first kappa shape index (κ1) is 24.2. The van der Waals surface area contributed by atoms with Crippen LogP contribution in [0.25, 0.3) is 0 Å². The van der Waals surface area contributed by atoms with E-state index in [1.165, 1.54) is 28.6 Å². The molecule has 2 heterocycles. The highest BCUT2D eigenvalue weighted by Crippen LogP contribution is 2.41. The molecule has 0 spiro atoms. The molecule has 0 aliphatic carbocycles. The number of sulfonamides is 1. The Bertz CT molecular complexity index is 1170. The van der Waals surface area contributed by atoms with E-state index in [-0.39, 0.29) is 22.7 Å². The zero-order chi connectivity index (χ0) is 24.3. The Morgan fingerprint density at radius 3 is 2.41 bits per heavy atom. The number of esters is 1. The van der Waals surface area contributed by atoms with E-state index in [4.69, 9.17) is 14.2 Å². The van der Waals surface area contributed by atoms with Crippen molar-refractivity contribution in [2.45, 2.75) is 50.0 Å². The molecule has 0 bridgehead atoms. The molecule has 2 aromatic carbocycles. The van der Waals surface area contributed by atoms with Crippen LogP contribution in [0.1, 0.15) is 49.0 Å². The average Bonchev–Trinajstić information content (AvgIpc) is 3.16. The van der Waals surface area contributed by atoms with Gasteiger partial charge in [-0.3, -0.25) is 4.79 Å². The van der Waals surface area contributed by atoms with Crippen LogP contribution < -0.4 is 9.47 Å². The van der Waals surface area contributed by atoms with E-state index in [2.05, 4.69) is 0 Å². The number of carbonyl (C=O) groups is 2. The van der Waals surface area contributed by atoms with Crippen molar-refractivity contribution in [3.63, 3.8) is 0 Å². The average molecular weight is 488 g/mol. The van der Waals surface area contributed by atoms with Crippen LogP contribution in [0.3, 0.4) is 0 Å². The summed E-state index contributed by atoms with van der Waals surface area (Å²) in [4.78, 5) is 24.7. The number of nitrogens with zero attached hydrogens (tertiary/aromatic N) is 1. The summed E-state index contributed by atoms with van der Waals surface area (Å²) in [6, 6.07) is 11.2. The van der Waals surface area contributed by atoms with Crippen molar-refractivity contribution in [1.82, 2.24) is 4.31 Å². The lowest BCUT2D eigenvalue weighted by atomic mass is 10.0. The van der Waals surface area contributed by atoms with Crippen LogP contribution in [0.4, 0.5) is 0 Å². The number of benzene rings is 2. The third kappa shape index (κ3) is 5.42. The quantitative estimate of drug-likeness (QED) is 0.416. The van der Waals surface area contributed by atoms with Crippen LogP contribution in [0.2, 0.25) is 0 Å². The Labute approximate surface area is 199 Å². The Kier molecular flexibility index (Phi) is 6.95. The molecule has 182 valence electrons. The Balaban J connectivity index is 1.29. The van der Waals surface area contributed by atoms with Gasteiger partial charge in [0.05, 0.1) is 4.90 Å². The number of Topliss-reactive ketones (excluding diaryl/α,β-unsaturated/α-hetero) is 1. The highest BCUT2D eigenvalue weighted by molar-refractivity contribution is 7.89. The third-order valence-electron chi connectivity index (χ3n) is 5.89. The lowest BCUT2D eigenvalue weighted by Crippen LogP contribution is -2.35. The fraction of sp³-hybridized carbons (Fsp3) is 0.440.